The first-order valence-corrected chi connectivity index (χ1v) is 7.90. The maximum absolute atomic E-state index is 13.1. The predicted octanol–water partition coefficient (Wildman–Crippen LogP) is 4.81. The molecule has 0 amide bonds. The van der Waals surface area contributed by atoms with Crippen LogP contribution in [0, 0.1) is 5.82 Å². The molecule has 1 atom stereocenters. The summed E-state index contributed by atoms with van der Waals surface area (Å²) in [6.45, 7) is 0. The molecule has 0 saturated heterocycles. The van der Waals surface area contributed by atoms with Crippen molar-refractivity contribution >= 4 is 23.5 Å². The van der Waals surface area contributed by atoms with Gasteiger partial charge in [0.15, 0.2) is 0 Å². The summed E-state index contributed by atoms with van der Waals surface area (Å²) in [7, 11) is 0. The first-order valence-electron chi connectivity index (χ1n) is 5.93. The molecule has 0 aliphatic carbocycles. The number of hydrogen-bond donors (Lipinski definition) is 0. The van der Waals surface area contributed by atoms with E-state index < -0.39 is 0 Å². The predicted molar refractivity (Wildman–Crippen MR) is 77.0 cm³/mol. The molecule has 0 saturated carbocycles. The molecule has 1 aliphatic heterocycles. The molecule has 0 radical (unpaired) electrons. The van der Waals surface area contributed by atoms with Crippen molar-refractivity contribution in [3.63, 3.8) is 0 Å². The molecular formula is C15H13FS2. The molecule has 0 nitrogen and oxygen atoms in total. The number of fused-ring (bicyclic) bond motifs is 1. The van der Waals surface area contributed by atoms with Crippen molar-refractivity contribution < 1.29 is 4.39 Å². The fourth-order valence-corrected chi connectivity index (χ4v) is 4.59. The van der Waals surface area contributed by atoms with Gasteiger partial charge in [-0.25, -0.2) is 4.39 Å². The molecule has 2 aromatic carbocycles. The highest BCUT2D eigenvalue weighted by Gasteiger charge is 2.22. The fourth-order valence-electron chi connectivity index (χ4n) is 2.12. The Morgan fingerprint density at radius 2 is 2.06 bits per heavy atom. The minimum absolute atomic E-state index is 0.152. The molecule has 0 N–H and O–H groups in total. The average molecular weight is 276 g/mol. The van der Waals surface area contributed by atoms with E-state index in [4.69, 9.17) is 0 Å². The van der Waals surface area contributed by atoms with E-state index in [1.165, 1.54) is 16.5 Å². The molecule has 18 heavy (non-hydrogen) atoms. The van der Waals surface area contributed by atoms with Crippen LogP contribution in [0.4, 0.5) is 4.39 Å². The third-order valence-electron chi connectivity index (χ3n) is 3.05. The normalized spacial score (nSPS) is 17.7. The van der Waals surface area contributed by atoms with E-state index in [-0.39, 0.29) is 5.82 Å². The number of hydrogen-bond acceptors (Lipinski definition) is 2. The SMILES string of the molecule is Fc1cccc(SCC2CSc3ccccc32)c1. The van der Waals surface area contributed by atoms with Gasteiger partial charge in [-0.15, -0.1) is 23.5 Å². The second-order valence-electron chi connectivity index (χ2n) is 4.31. The largest absolute Gasteiger partial charge is 0.207 e. The molecular weight excluding hydrogens is 263 g/mol. The van der Waals surface area contributed by atoms with Gasteiger partial charge in [0.25, 0.3) is 0 Å². The zero-order valence-electron chi connectivity index (χ0n) is 9.80. The average Bonchev–Trinajstić information content (AvgIpc) is 2.80. The van der Waals surface area contributed by atoms with E-state index in [1.54, 1.807) is 23.9 Å². The molecule has 92 valence electrons. The summed E-state index contributed by atoms with van der Waals surface area (Å²) in [5, 5.41) is 0. The van der Waals surface area contributed by atoms with Gasteiger partial charge in [0, 0.05) is 27.2 Å². The van der Waals surface area contributed by atoms with Crippen LogP contribution in [0.1, 0.15) is 11.5 Å². The molecule has 0 bridgehead atoms. The highest BCUT2D eigenvalue weighted by molar-refractivity contribution is 8.00. The lowest BCUT2D eigenvalue weighted by Gasteiger charge is -2.10. The van der Waals surface area contributed by atoms with Gasteiger partial charge in [-0.3, -0.25) is 0 Å². The topological polar surface area (TPSA) is 0 Å². The van der Waals surface area contributed by atoms with Gasteiger partial charge in [-0.05, 0) is 29.8 Å². The van der Waals surface area contributed by atoms with Crippen molar-refractivity contribution in [2.45, 2.75) is 15.7 Å². The van der Waals surface area contributed by atoms with Gasteiger partial charge < -0.3 is 0 Å². The van der Waals surface area contributed by atoms with Crippen LogP contribution < -0.4 is 0 Å². The van der Waals surface area contributed by atoms with Gasteiger partial charge >= 0.3 is 0 Å². The summed E-state index contributed by atoms with van der Waals surface area (Å²) in [6.07, 6.45) is 0. The van der Waals surface area contributed by atoms with E-state index in [0.29, 0.717) is 5.92 Å². The molecule has 1 unspecified atom stereocenters. The lowest BCUT2D eigenvalue weighted by molar-refractivity contribution is 0.624. The second kappa shape index (κ2) is 5.37. The van der Waals surface area contributed by atoms with Gasteiger partial charge in [-0.2, -0.15) is 0 Å². The third kappa shape index (κ3) is 2.57. The standard InChI is InChI=1S/C15H13FS2/c16-12-4-3-5-13(8-12)17-9-11-10-18-15-7-2-1-6-14(11)15/h1-8,11H,9-10H2. The van der Waals surface area contributed by atoms with Crippen LogP contribution in [0.15, 0.2) is 58.3 Å². The zero-order valence-corrected chi connectivity index (χ0v) is 11.4. The summed E-state index contributed by atoms with van der Waals surface area (Å²) in [6, 6.07) is 15.4. The number of benzene rings is 2. The maximum atomic E-state index is 13.1. The Balaban J connectivity index is 1.69. The van der Waals surface area contributed by atoms with Crippen LogP contribution in [-0.4, -0.2) is 11.5 Å². The van der Waals surface area contributed by atoms with Gasteiger partial charge in [-0.1, -0.05) is 24.3 Å². The summed E-state index contributed by atoms with van der Waals surface area (Å²) < 4.78 is 13.1. The first-order chi connectivity index (χ1) is 8.83. The van der Waals surface area contributed by atoms with Crippen molar-refractivity contribution in [2.24, 2.45) is 0 Å². The van der Waals surface area contributed by atoms with Crippen molar-refractivity contribution in [3.05, 3.63) is 59.9 Å². The van der Waals surface area contributed by atoms with Crippen LogP contribution in [0.2, 0.25) is 0 Å². The highest BCUT2D eigenvalue weighted by Crippen LogP contribution is 2.41. The van der Waals surface area contributed by atoms with Crippen molar-refractivity contribution in [2.75, 3.05) is 11.5 Å². The van der Waals surface area contributed by atoms with E-state index >= 15 is 0 Å². The van der Waals surface area contributed by atoms with Gasteiger partial charge in [0.2, 0.25) is 0 Å². The summed E-state index contributed by atoms with van der Waals surface area (Å²) in [5.74, 6) is 2.59. The second-order valence-corrected chi connectivity index (χ2v) is 6.47. The lowest BCUT2D eigenvalue weighted by Crippen LogP contribution is -1.99. The van der Waals surface area contributed by atoms with Crippen molar-refractivity contribution in [1.29, 1.82) is 0 Å². The highest BCUT2D eigenvalue weighted by atomic mass is 32.2. The summed E-state index contributed by atoms with van der Waals surface area (Å²) in [5.41, 5.74) is 1.45. The number of rotatable bonds is 3. The Morgan fingerprint density at radius 1 is 1.17 bits per heavy atom. The third-order valence-corrected chi connectivity index (χ3v) is 5.45. The Kier molecular flexibility index (Phi) is 3.62. The monoisotopic (exact) mass is 276 g/mol. The van der Waals surface area contributed by atoms with E-state index in [1.807, 2.05) is 17.8 Å². The zero-order chi connectivity index (χ0) is 12.4. The smallest absolute Gasteiger partial charge is 0.124 e. The van der Waals surface area contributed by atoms with E-state index in [2.05, 4.69) is 24.3 Å². The quantitative estimate of drug-likeness (QED) is 0.738. The summed E-state index contributed by atoms with van der Waals surface area (Å²) >= 11 is 3.67. The number of thioether (sulfide) groups is 2. The fraction of sp³-hybridized carbons (Fsp3) is 0.200. The van der Waals surface area contributed by atoms with E-state index in [9.17, 15) is 4.39 Å². The maximum Gasteiger partial charge on any atom is 0.124 e. The molecule has 3 heteroatoms. The number of halogens is 1. The molecule has 2 aromatic rings. The molecule has 3 rings (SSSR count). The first kappa shape index (κ1) is 12.1. The molecule has 0 aromatic heterocycles. The Hall–Kier alpha value is -0.930. The minimum Gasteiger partial charge on any atom is -0.207 e. The van der Waals surface area contributed by atoms with Crippen molar-refractivity contribution in [3.8, 4) is 0 Å². The molecule has 0 fully saturated rings. The molecule has 1 aliphatic rings. The van der Waals surface area contributed by atoms with Gasteiger partial charge in [0.05, 0.1) is 0 Å². The Labute approximate surface area is 115 Å². The van der Waals surface area contributed by atoms with Crippen LogP contribution >= 0.6 is 23.5 Å². The van der Waals surface area contributed by atoms with Crippen LogP contribution in [0.5, 0.6) is 0 Å². The van der Waals surface area contributed by atoms with Crippen LogP contribution in [0.25, 0.3) is 0 Å². The van der Waals surface area contributed by atoms with Gasteiger partial charge in [0.1, 0.15) is 5.82 Å². The minimum atomic E-state index is -0.152. The lowest BCUT2D eigenvalue weighted by atomic mass is 10.0. The Bertz CT molecular complexity index is 554. The summed E-state index contributed by atoms with van der Waals surface area (Å²) in [4.78, 5) is 2.42. The van der Waals surface area contributed by atoms with Crippen LogP contribution in [-0.2, 0) is 0 Å². The molecule has 1 heterocycles. The van der Waals surface area contributed by atoms with E-state index in [0.717, 1.165) is 16.4 Å². The van der Waals surface area contributed by atoms with Crippen molar-refractivity contribution in [1.82, 2.24) is 0 Å². The Morgan fingerprint density at radius 3 is 2.94 bits per heavy atom. The molecule has 0 spiro atoms. The van der Waals surface area contributed by atoms with Crippen LogP contribution in [0.3, 0.4) is 0 Å².